The number of fused-ring (bicyclic) bond motifs is 2. The smallest absolute Gasteiger partial charge is 0.310 e. The average Bonchev–Trinajstić information content (AvgIpc) is 2.80. The van der Waals surface area contributed by atoms with Gasteiger partial charge < -0.3 is 4.74 Å². The summed E-state index contributed by atoms with van der Waals surface area (Å²) in [5, 5.41) is 0. The Balaban J connectivity index is 1.95. The number of piperidine rings is 1. The summed E-state index contributed by atoms with van der Waals surface area (Å²) >= 11 is 0. The average molecular weight is 279 g/mol. The van der Waals surface area contributed by atoms with Crippen molar-refractivity contribution in [3.05, 3.63) is 35.6 Å². The number of esters is 1. The van der Waals surface area contributed by atoms with Gasteiger partial charge in [-0.3, -0.25) is 9.69 Å². The van der Waals surface area contributed by atoms with Gasteiger partial charge in [0.25, 0.3) is 0 Å². The molecule has 0 spiro atoms. The minimum absolute atomic E-state index is 0.0540. The van der Waals surface area contributed by atoms with Crippen molar-refractivity contribution in [1.82, 2.24) is 4.90 Å². The first-order valence-electron chi connectivity index (χ1n) is 7.74. The fourth-order valence-corrected chi connectivity index (χ4v) is 3.82. The molecule has 0 saturated carbocycles. The topological polar surface area (TPSA) is 29.5 Å². The van der Waals surface area contributed by atoms with E-state index >= 15 is 0 Å². The molecule has 4 atom stereocenters. The summed E-state index contributed by atoms with van der Waals surface area (Å²) in [5.41, 5.74) is 0.994. The number of benzene rings is 1. The molecule has 0 amide bonds. The number of nitrogens with zero attached hydrogens (tertiary/aromatic N) is 1. The van der Waals surface area contributed by atoms with E-state index in [9.17, 15) is 9.18 Å². The molecule has 2 saturated heterocycles. The van der Waals surface area contributed by atoms with Crippen molar-refractivity contribution < 1.29 is 15.3 Å². The van der Waals surface area contributed by atoms with Crippen molar-refractivity contribution in [1.29, 1.82) is 0 Å². The second-order valence-corrected chi connectivity index (χ2v) is 5.76. The van der Waals surface area contributed by atoms with Crippen LogP contribution < -0.4 is 0 Å². The van der Waals surface area contributed by atoms with Gasteiger partial charge in [-0.25, -0.2) is 4.39 Å². The monoisotopic (exact) mass is 279 g/mol. The van der Waals surface area contributed by atoms with Gasteiger partial charge in [-0.15, -0.1) is 0 Å². The van der Waals surface area contributed by atoms with Gasteiger partial charge in [0.15, 0.2) is 0 Å². The molecular weight excluding hydrogens is 257 g/mol. The molecule has 2 heterocycles. The summed E-state index contributed by atoms with van der Waals surface area (Å²) in [6.45, 7) is 0. The largest absolute Gasteiger partial charge is 0.469 e. The van der Waals surface area contributed by atoms with Crippen LogP contribution in [0.1, 0.15) is 32.1 Å². The van der Waals surface area contributed by atoms with E-state index in [1.54, 1.807) is 12.1 Å². The summed E-state index contributed by atoms with van der Waals surface area (Å²) < 4.78 is 25.8. The predicted molar refractivity (Wildman–Crippen MR) is 73.8 cm³/mol. The molecule has 108 valence electrons. The molecule has 2 aliphatic heterocycles. The van der Waals surface area contributed by atoms with Crippen molar-refractivity contribution in [2.24, 2.45) is 5.92 Å². The lowest BCUT2D eigenvalue weighted by Crippen LogP contribution is -2.49. The van der Waals surface area contributed by atoms with E-state index in [0.29, 0.717) is 6.04 Å². The van der Waals surface area contributed by atoms with Gasteiger partial charge in [0.1, 0.15) is 5.82 Å². The van der Waals surface area contributed by atoms with Crippen LogP contribution in [0, 0.1) is 11.7 Å². The first kappa shape index (κ1) is 12.3. The van der Waals surface area contributed by atoms with Gasteiger partial charge in [0.2, 0.25) is 0 Å². The summed E-state index contributed by atoms with van der Waals surface area (Å²) in [5.74, 6) is -0.684. The van der Waals surface area contributed by atoms with Crippen LogP contribution in [0.2, 0.25) is 0 Å². The summed E-state index contributed by atoms with van der Waals surface area (Å²) in [6, 6.07) is 6.86. The molecule has 0 radical (unpaired) electrons. The third kappa shape index (κ3) is 2.12. The highest BCUT2D eigenvalue weighted by Gasteiger charge is 2.49. The Hall–Kier alpha value is -1.42. The van der Waals surface area contributed by atoms with Crippen molar-refractivity contribution in [3.63, 3.8) is 0 Å². The highest BCUT2D eigenvalue weighted by Crippen LogP contribution is 2.46. The van der Waals surface area contributed by atoms with Crippen molar-refractivity contribution in [3.8, 4) is 0 Å². The molecule has 1 aromatic rings. The molecule has 2 bridgehead atoms. The molecule has 20 heavy (non-hydrogen) atoms. The van der Waals surface area contributed by atoms with Crippen molar-refractivity contribution in [2.75, 3.05) is 14.1 Å². The summed E-state index contributed by atoms with van der Waals surface area (Å²) in [4.78, 5) is 14.4. The number of hydrogen-bond donors (Lipinski definition) is 0. The van der Waals surface area contributed by atoms with E-state index in [4.69, 9.17) is 6.11 Å². The second kappa shape index (κ2) is 5.17. The molecule has 2 aliphatic rings. The van der Waals surface area contributed by atoms with Crippen molar-refractivity contribution >= 4 is 5.97 Å². The normalized spacial score (nSPS) is 33.8. The Kier molecular flexibility index (Phi) is 3.19. The fraction of sp³-hybridized carbons (Fsp3) is 0.562. The van der Waals surface area contributed by atoms with E-state index < -0.39 is 0 Å². The Bertz CT molecular complexity index is 522. The van der Waals surface area contributed by atoms with Crippen LogP contribution in [0.3, 0.4) is 0 Å². The van der Waals surface area contributed by atoms with Gasteiger partial charge in [-0.1, -0.05) is 12.1 Å². The zero-order valence-electron chi connectivity index (χ0n) is 12.6. The van der Waals surface area contributed by atoms with E-state index in [2.05, 4.69) is 4.90 Å². The van der Waals surface area contributed by atoms with Gasteiger partial charge in [-0.2, -0.15) is 0 Å². The maximum absolute atomic E-state index is 13.1. The van der Waals surface area contributed by atoms with Crippen LogP contribution in [0.5, 0.6) is 0 Å². The molecule has 0 aliphatic carbocycles. The molecule has 4 heteroatoms. The predicted octanol–water partition coefficient (Wildman–Crippen LogP) is 2.57. The standard InChI is InChI=1S/C16H20FNO2/c1-18-12-7-8-14(18)15(16(19)20-2)13(9-12)10-3-5-11(17)6-4-10/h3-6,12-15H,7-9H2,1-2H3/t12-,13+,14+,15-/m0/s1/i1T. The minimum atomic E-state index is -0.264. The van der Waals surface area contributed by atoms with Gasteiger partial charge in [-0.05, 0) is 44.0 Å². The Morgan fingerprint density at radius 2 is 2.15 bits per heavy atom. The van der Waals surface area contributed by atoms with Crippen LogP contribution >= 0.6 is 0 Å². The number of carbonyl (C=O) groups excluding carboxylic acids is 1. The second-order valence-electron chi connectivity index (χ2n) is 5.76. The molecule has 2 fully saturated rings. The quantitative estimate of drug-likeness (QED) is 0.779. The lowest BCUT2D eigenvalue weighted by atomic mass is 9.76. The van der Waals surface area contributed by atoms with E-state index in [-0.39, 0.29) is 36.7 Å². The SMILES string of the molecule is [3H]CN1[C@H]2CC[C@@H]1[C@@H](C(=O)OC)[C@@H](c1ccc(F)cc1)C2. The van der Waals surface area contributed by atoms with E-state index in [1.807, 2.05) is 0 Å². The minimum Gasteiger partial charge on any atom is -0.469 e. The zero-order chi connectivity index (χ0) is 15.0. The maximum atomic E-state index is 13.1. The first-order chi connectivity index (χ1) is 10.2. The molecule has 1 aromatic carbocycles. The highest BCUT2D eigenvalue weighted by molar-refractivity contribution is 5.75. The Morgan fingerprint density at radius 1 is 1.40 bits per heavy atom. The van der Waals surface area contributed by atoms with Gasteiger partial charge in [0.05, 0.1) is 13.0 Å². The zero-order valence-corrected chi connectivity index (χ0v) is 11.6. The molecule has 0 unspecified atom stereocenters. The third-order valence-corrected chi connectivity index (χ3v) is 4.84. The van der Waals surface area contributed by atoms with Crippen LogP contribution in [0.15, 0.2) is 24.3 Å². The lowest BCUT2D eigenvalue weighted by molar-refractivity contribution is -0.150. The van der Waals surface area contributed by atoms with Gasteiger partial charge >= 0.3 is 5.97 Å². The number of carbonyl (C=O) groups is 1. The molecular formula is C16H20FNO2. The van der Waals surface area contributed by atoms with Crippen LogP contribution in [-0.2, 0) is 9.53 Å². The van der Waals surface area contributed by atoms with E-state index in [0.717, 1.165) is 24.8 Å². The maximum Gasteiger partial charge on any atom is 0.310 e. The fourth-order valence-electron chi connectivity index (χ4n) is 3.82. The number of methoxy groups -OCH3 is 1. The van der Waals surface area contributed by atoms with Crippen molar-refractivity contribution in [2.45, 2.75) is 37.3 Å². The third-order valence-electron chi connectivity index (χ3n) is 4.84. The van der Waals surface area contributed by atoms with E-state index in [1.165, 1.54) is 19.2 Å². The number of halogens is 1. The molecule has 0 aromatic heterocycles. The molecule has 3 nitrogen and oxygen atoms in total. The van der Waals surface area contributed by atoms with Crippen LogP contribution in [0.25, 0.3) is 0 Å². The molecule has 0 N–H and O–H groups in total. The first-order valence-corrected chi connectivity index (χ1v) is 7.04. The number of ether oxygens (including phenoxy) is 1. The highest BCUT2D eigenvalue weighted by atomic mass is 19.1. The number of hydrogen-bond acceptors (Lipinski definition) is 3. The van der Waals surface area contributed by atoms with Crippen LogP contribution in [-0.4, -0.2) is 37.1 Å². The number of rotatable bonds is 2. The summed E-state index contributed by atoms with van der Waals surface area (Å²) in [7, 11) is 1.63. The molecule has 3 rings (SSSR count). The lowest BCUT2D eigenvalue weighted by Gasteiger charge is -2.41. The Labute approximate surface area is 120 Å². The summed E-state index contributed by atoms with van der Waals surface area (Å²) in [6.07, 6.45) is 2.79. The van der Waals surface area contributed by atoms with Crippen LogP contribution in [0.4, 0.5) is 4.39 Å². The van der Waals surface area contributed by atoms with Gasteiger partial charge in [0, 0.05) is 19.4 Å². The Morgan fingerprint density at radius 3 is 2.80 bits per heavy atom.